The zero-order valence-electron chi connectivity index (χ0n) is 22.7. The van der Waals surface area contributed by atoms with Crippen molar-refractivity contribution in [1.29, 1.82) is 0 Å². The summed E-state index contributed by atoms with van der Waals surface area (Å²) in [6, 6.07) is 0. The molecule has 2 aliphatic heterocycles. The normalized spacial score (nSPS) is 24.5. The summed E-state index contributed by atoms with van der Waals surface area (Å²) >= 11 is 0. The number of carbonyl (C=O) groups excluding carboxylic acids is 1. The van der Waals surface area contributed by atoms with Gasteiger partial charge in [-0.05, 0) is 12.5 Å². The number of aliphatic hydroxyl groups is 2. The number of nitrogen functional groups attached to an aromatic ring is 1. The van der Waals surface area contributed by atoms with Gasteiger partial charge in [0.25, 0.3) is 0 Å². The molecule has 6 unspecified atom stereocenters. The fourth-order valence-electron chi connectivity index (χ4n) is 4.99. The molecule has 4 heterocycles. The Morgan fingerprint density at radius 3 is 2.60 bits per heavy atom. The monoisotopic (exact) mass is 643 g/mol. The van der Waals surface area contributed by atoms with E-state index < -0.39 is 70.6 Å². The molecule has 1 aromatic carbocycles. The number of aromatic hydroxyl groups is 1. The van der Waals surface area contributed by atoms with Crippen molar-refractivity contribution < 1.29 is 62.3 Å². The first kappa shape index (κ1) is 31.3. The second kappa shape index (κ2) is 11.7. The minimum Gasteiger partial charge on any atom is -0.778 e. The van der Waals surface area contributed by atoms with Crippen LogP contribution in [0.1, 0.15) is 33.3 Å². The Kier molecular flexibility index (Phi) is 8.52. The minimum atomic E-state index is -5.12. The van der Waals surface area contributed by atoms with Gasteiger partial charge in [0.05, 0.1) is 32.6 Å². The third-order valence-electron chi connectivity index (χ3n) is 7.07. The van der Waals surface area contributed by atoms with Crippen molar-refractivity contribution in [1.82, 2.24) is 19.5 Å². The highest BCUT2D eigenvalue weighted by molar-refractivity contribution is 7.69. The number of benzene rings is 1. The van der Waals surface area contributed by atoms with Crippen molar-refractivity contribution >= 4 is 38.1 Å². The number of hydrogen-bond acceptors (Lipinski definition) is 17. The number of fused-ring (bicyclic) bond motifs is 2. The molecule has 2 aliphatic rings. The lowest BCUT2D eigenvalue weighted by molar-refractivity contribution is -0.209. The number of nitrogens with two attached hydrogens (primary N) is 1. The number of imidazole rings is 1. The van der Waals surface area contributed by atoms with Crippen molar-refractivity contribution in [2.45, 2.75) is 44.5 Å². The lowest BCUT2D eigenvalue weighted by Gasteiger charge is -2.32. The van der Waals surface area contributed by atoms with Gasteiger partial charge in [-0.3, -0.25) is 4.57 Å². The fourth-order valence-corrected chi connectivity index (χ4v) is 8.08. The molecule has 6 atom stereocenters. The number of nitrogens with zero attached hydrogens (tertiary/aromatic N) is 4. The van der Waals surface area contributed by atoms with Crippen molar-refractivity contribution in [3.8, 4) is 11.5 Å². The van der Waals surface area contributed by atoms with Crippen LogP contribution in [0, 0.1) is 6.92 Å². The van der Waals surface area contributed by atoms with Gasteiger partial charge in [-0.2, -0.15) is 0 Å². The zero-order valence-corrected chi connectivity index (χ0v) is 24.5. The van der Waals surface area contributed by atoms with Gasteiger partial charge in [0.1, 0.15) is 69.0 Å². The summed E-state index contributed by atoms with van der Waals surface area (Å²) in [4.78, 5) is 48.9. The van der Waals surface area contributed by atoms with E-state index in [-0.39, 0.29) is 46.9 Å². The van der Waals surface area contributed by atoms with Gasteiger partial charge < -0.3 is 63.2 Å². The molecule has 234 valence electrons. The van der Waals surface area contributed by atoms with Crippen molar-refractivity contribution in [2.24, 2.45) is 0 Å². The maximum atomic E-state index is 12.5. The highest BCUT2D eigenvalue weighted by Crippen LogP contribution is 2.54. The van der Waals surface area contributed by atoms with Gasteiger partial charge in [0.15, 0.2) is 17.7 Å². The zero-order chi connectivity index (χ0) is 31.3. The minimum absolute atomic E-state index is 0.0533. The first-order chi connectivity index (χ1) is 20.2. The van der Waals surface area contributed by atoms with E-state index in [0.717, 1.165) is 6.33 Å². The summed E-state index contributed by atoms with van der Waals surface area (Å²) in [7, 11) is -8.85. The van der Waals surface area contributed by atoms with Crippen LogP contribution in [0.15, 0.2) is 12.7 Å². The number of cyclic esters (lactones) is 1. The van der Waals surface area contributed by atoms with Crippen LogP contribution in [-0.4, -0.2) is 85.3 Å². The first-order valence-electron chi connectivity index (χ1n) is 12.7. The molecule has 0 aliphatic carbocycles. The number of hydrogen-bond donors (Lipinski definition) is 4. The Morgan fingerprint density at radius 2 is 1.88 bits per heavy atom. The molecule has 3 aromatic rings. The van der Waals surface area contributed by atoms with Crippen LogP contribution in [-0.2, 0) is 40.7 Å². The Labute approximate surface area is 243 Å². The SMILES string of the molecule is COc1c(C)c2c(c(O)c1CCOP(=O)([O-])CP(=O)([O-])OCC1OC(n3cnc4c(N)ncnc43)C(O)C1O)C(=O)OC2. The summed E-state index contributed by atoms with van der Waals surface area (Å²) in [5.74, 6) is -2.46. The van der Waals surface area contributed by atoms with E-state index in [4.69, 9.17) is 29.0 Å². The number of rotatable bonds is 11. The molecule has 0 saturated carbocycles. The fraction of sp³-hybridized carbons (Fsp3) is 0.478. The van der Waals surface area contributed by atoms with Crippen LogP contribution in [0.2, 0.25) is 0 Å². The molecule has 5 rings (SSSR count). The predicted octanol–water partition coefficient (Wildman–Crippen LogP) is -0.939. The van der Waals surface area contributed by atoms with Crippen molar-refractivity contribution in [3.63, 3.8) is 0 Å². The molecule has 0 bridgehead atoms. The van der Waals surface area contributed by atoms with E-state index in [0.29, 0.717) is 11.1 Å². The third-order valence-corrected chi connectivity index (χ3v) is 11.0. The van der Waals surface area contributed by atoms with Gasteiger partial charge >= 0.3 is 5.97 Å². The maximum Gasteiger partial charge on any atom is 0.342 e. The van der Waals surface area contributed by atoms with E-state index in [2.05, 4.69) is 15.0 Å². The smallest absolute Gasteiger partial charge is 0.342 e. The number of aliphatic hydroxyl groups excluding tert-OH is 2. The van der Waals surface area contributed by atoms with Gasteiger partial charge in [0.2, 0.25) is 0 Å². The second-order valence-electron chi connectivity index (χ2n) is 9.79. The molecule has 1 saturated heterocycles. The summed E-state index contributed by atoms with van der Waals surface area (Å²) in [5, 5.41) is 31.6. The van der Waals surface area contributed by atoms with Crippen LogP contribution in [0.25, 0.3) is 11.2 Å². The standard InChI is InChI=1S/C23H29N5O13P2/c1-10-12-5-38-23(32)14(12)16(29)11(19(10)37-2)3-4-39-42(33,34)9-43(35,36)40-6-13-17(30)18(31)22(41-13)28-8-27-15-20(24)25-7-26-21(15)28/h7-8,13,17-18,22,29-31H,3-6,9H2,1-2H3,(H,33,34)(H,35,36)(H2,24,25,26)/p-2. The van der Waals surface area contributed by atoms with Gasteiger partial charge in [-0.15, -0.1) is 0 Å². The van der Waals surface area contributed by atoms with Gasteiger partial charge in [-0.25, -0.2) is 19.7 Å². The largest absolute Gasteiger partial charge is 0.778 e. The molecule has 20 heteroatoms. The summed E-state index contributed by atoms with van der Waals surface area (Å²) in [5.41, 5.74) is 7.14. The van der Waals surface area contributed by atoms with E-state index in [9.17, 15) is 39.0 Å². The highest BCUT2D eigenvalue weighted by atomic mass is 31.2. The lowest BCUT2D eigenvalue weighted by Crippen LogP contribution is -2.34. The molecule has 18 nitrogen and oxygen atoms in total. The van der Waals surface area contributed by atoms with E-state index in [1.807, 2.05) is 0 Å². The Balaban J connectivity index is 1.19. The number of ether oxygens (including phenoxy) is 3. The third kappa shape index (κ3) is 5.98. The number of carbonyl (C=O) groups is 1. The molecule has 0 amide bonds. The predicted molar refractivity (Wildman–Crippen MR) is 140 cm³/mol. The summed E-state index contributed by atoms with van der Waals surface area (Å²) < 4.78 is 51.8. The van der Waals surface area contributed by atoms with Crippen LogP contribution in [0.3, 0.4) is 0 Å². The van der Waals surface area contributed by atoms with Crippen LogP contribution in [0.5, 0.6) is 11.5 Å². The maximum absolute atomic E-state index is 12.5. The molecule has 43 heavy (non-hydrogen) atoms. The molecule has 0 spiro atoms. The topological polar surface area (TPSA) is 274 Å². The number of anilines is 1. The van der Waals surface area contributed by atoms with Gasteiger partial charge in [-0.1, -0.05) is 0 Å². The molecule has 2 aromatic heterocycles. The van der Waals surface area contributed by atoms with Crippen LogP contribution in [0.4, 0.5) is 5.82 Å². The first-order valence-corrected chi connectivity index (χ1v) is 16.1. The summed E-state index contributed by atoms with van der Waals surface area (Å²) in [6.07, 6.45) is -3.65. The van der Waals surface area contributed by atoms with Crippen molar-refractivity contribution in [3.05, 3.63) is 34.9 Å². The molecular formula is C23H27N5O13P2-2. The molecule has 1 fully saturated rings. The Hall–Kier alpha value is -3.18. The average Bonchev–Trinajstić information content (AvgIpc) is 3.62. The average molecular weight is 643 g/mol. The molecular weight excluding hydrogens is 616 g/mol. The molecule has 0 radical (unpaired) electrons. The highest BCUT2D eigenvalue weighted by Gasteiger charge is 2.45. The number of esters is 1. The lowest BCUT2D eigenvalue weighted by atomic mass is 9.95. The number of phenols is 1. The van der Waals surface area contributed by atoms with Crippen LogP contribution >= 0.6 is 15.2 Å². The summed E-state index contributed by atoms with van der Waals surface area (Å²) in [6.45, 7) is 0.168. The Bertz CT molecular complexity index is 1670. The number of phenolic OH excluding ortho intramolecular Hbond substituents is 1. The van der Waals surface area contributed by atoms with E-state index in [1.165, 1.54) is 18.0 Å². The van der Waals surface area contributed by atoms with Crippen LogP contribution < -0.4 is 20.3 Å². The van der Waals surface area contributed by atoms with Crippen molar-refractivity contribution in [2.75, 3.05) is 32.0 Å². The Morgan fingerprint density at radius 1 is 1.16 bits per heavy atom. The number of methoxy groups -OCH3 is 1. The van der Waals surface area contributed by atoms with Gasteiger partial charge in [0, 0.05) is 17.5 Å². The molecule has 5 N–H and O–H groups in total. The number of aromatic nitrogens is 4. The van der Waals surface area contributed by atoms with E-state index in [1.54, 1.807) is 6.92 Å². The second-order valence-corrected chi connectivity index (χ2v) is 13.9. The quantitative estimate of drug-likeness (QED) is 0.145. The van der Waals surface area contributed by atoms with E-state index >= 15 is 0 Å².